The van der Waals surface area contributed by atoms with Gasteiger partial charge in [0.1, 0.15) is 24.4 Å². The van der Waals surface area contributed by atoms with Crippen LogP contribution in [-0.4, -0.2) is 63.8 Å². The van der Waals surface area contributed by atoms with Crippen LogP contribution in [0.3, 0.4) is 0 Å². The zero-order valence-corrected chi connectivity index (χ0v) is 15.2. The predicted octanol–water partition coefficient (Wildman–Crippen LogP) is 2.22. The van der Waals surface area contributed by atoms with Crippen LogP contribution in [0.1, 0.15) is 34.1 Å². The first-order chi connectivity index (χ1) is 10.3. The van der Waals surface area contributed by atoms with Crippen molar-refractivity contribution in [1.29, 1.82) is 0 Å². The van der Waals surface area contributed by atoms with E-state index in [1.165, 1.54) is 6.42 Å². The summed E-state index contributed by atoms with van der Waals surface area (Å²) in [4.78, 5) is 0. The maximum absolute atomic E-state index is 10.8. The number of hydrogen-bond donors (Lipinski definition) is 1. The first kappa shape index (κ1) is 17.3. The maximum Gasteiger partial charge on any atom is 0.164 e. The summed E-state index contributed by atoms with van der Waals surface area (Å²) in [5.41, 5.74) is 0. The fraction of sp³-hybridized carbons (Fsp3) is 1.00. The lowest BCUT2D eigenvalue weighted by molar-refractivity contribution is -0.175. The third-order valence-electron chi connectivity index (χ3n) is 4.03. The van der Waals surface area contributed by atoms with Gasteiger partial charge in [0, 0.05) is 0 Å². The minimum atomic E-state index is -0.712. The van der Waals surface area contributed by atoms with E-state index in [0.717, 1.165) is 11.5 Å². The standard InChI is InChI=1S/C15H26O5S2/c1-14(2)17-8-9(18-14)11-12(20-15(3,4)19-11)10(16)13-21-6-5-7-22-13/h9-13,16H,5-8H2,1-4H3/t9-,10-,11+,12+/m0/s1. The molecule has 3 heterocycles. The van der Waals surface area contributed by atoms with E-state index in [4.69, 9.17) is 18.9 Å². The van der Waals surface area contributed by atoms with Crippen LogP contribution in [0.5, 0.6) is 0 Å². The Hall–Kier alpha value is 0.500. The number of rotatable bonds is 3. The molecule has 7 heteroatoms. The molecule has 0 aromatic carbocycles. The zero-order valence-electron chi connectivity index (χ0n) is 13.6. The molecule has 1 N–H and O–H groups in total. The van der Waals surface area contributed by atoms with Gasteiger partial charge < -0.3 is 24.1 Å². The molecule has 3 fully saturated rings. The summed E-state index contributed by atoms with van der Waals surface area (Å²) in [5.74, 6) is 0.861. The van der Waals surface area contributed by atoms with Crippen molar-refractivity contribution < 1.29 is 24.1 Å². The summed E-state index contributed by atoms with van der Waals surface area (Å²) >= 11 is 3.62. The molecule has 0 aromatic rings. The Morgan fingerprint density at radius 1 is 1.00 bits per heavy atom. The highest BCUT2D eigenvalue weighted by Crippen LogP contribution is 2.41. The number of aliphatic hydroxyl groups excluding tert-OH is 1. The Morgan fingerprint density at radius 2 is 1.68 bits per heavy atom. The van der Waals surface area contributed by atoms with Crippen molar-refractivity contribution in [3.8, 4) is 0 Å². The summed E-state index contributed by atoms with van der Waals surface area (Å²) in [7, 11) is 0. The lowest BCUT2D eigenvalue weighted by Gasteiger charge is -2.32. The summed E-state index contributed by atoms with van der Waals surface area (Å²) in [6.07, 6.45) is -0.289. The predicted molar refractivity (Wildman–Crippen MR) is 88.1 cm³/mol. The maximum atomic E-state index is 10.8. The quantitative estimate of drug-likeness (QED) is 0.837. The molecule has 3 aliphatic heterocycles. The number of hydrogen-bond acceptors (Lipinski definition) is 7. The molecule has 3 aliphatic rings. The van der Waals surface area contributed by atoms with Crippen molar-refractivity contribution >= 4 is 23.5 Å². The number of aliphatic hydroxyl groups is 1. The minimum Gasteiger partial charge on any atom is -0.388 e. The largest absolute Gasteiger partial charge is 0.388 e. The van der Waals surface area contributed by atoms with Gasteiger partial charge in [-0.25, -0.2) is 0 Å². The van der Waals surface area contributed by atoms with Crippen LogP contribution in [0.15, 0.2) is 0 Å². The van der Waals surface area contributed by atoms with Crippen LogP contribution in [0, 0.1) is 0 Å². The second-order valence-electron chi connectivity index (χ2n) is 6.89. The molecule has 0 amide bonds. The van der Waals surface area contributed by atoms with E-state index in [9.17, 15) is 5.11 Å². The highest BCUT2D eigenvalue weighted by Gasteiger charge is 2.53. The summed E-state index contributed by atoms with van der Waals surface area (Å²) < 4.78 is 23.8. The normalized spacial score (nSPS) is 40.0. The summed E-state index contributed by atoms with van der Waals surface area (Å²) in [6, 6.07) is 0. The van der Waals surface area contributed by atoms with Crippen molar-refractivity contribution in [1.82, 2.24) is 0 Å². The summed E-state index contributed by atoms with van der Waals surface area (Å²) in [6.45, 7) is 8.02. The third-order valence-corrected chi connectivity index (χ3v) is 7.11. The fourth-order valence-electron chi connectivity index (χ4n) is 3.10. The number of ether oxygens (including phenoxy) is 4. The molecule has 5 nitrogen and oxygen atoms in total. The topological polar surface area (TPSA) is 57.2 Å². The fourth-order valence-corrected chi connectivity index (χ4v) is 6.04. The lowest BCUT2D eigenvalue weighted by Crippen LogP contribution is -2.47. The van der Waals surface area contributed by atoms with E-state index in [-0.39, 0.29) is 22.9 Å². The molecule has 22 heavy (non-hydrogen) atoms. The first-order valence-corrected chi connectivity index (χ1v) is 9.96. The van der Waals surface area contributed by atoms with E-state index < -0.39 is 17.7 Å². The smallest absolute Gasteiger partial charge is 0.164 e. The van der Waals surface area contributed by atoms with Crippen molar-refractivity contribution in [2.45, 2.75) is 74.7 Å². The van der Waals surface area contributed by atoms with Gasteiger partial charge in [0.05, 0.1) is 11.2 Å². The Bertz CT molecular complexity index is 397. The molecule has 0 unspecified atom stereocenters. The first-order valence-electron chi connectivity index (χ1n) is 7.86. The van der Waals surface area contributed by atoms with Crippen LogP contribution in [0.25, 0.3) is 0 Å². The second kappa shape index (κ2) is 6.43. The van der Waals surface area contributed by atoms with E-state index in [2.05, 4.69) is 0 Å². The molecule has 128 valence electrons. The Morgan fingerprint density at radius 3 is 2.27 bits per heavy atom. The average Bonchev–Trinajstić information content (AvgIpc) is 2.98. The Labute approximate surface area is 140 Å². The van der Waals surface area contributed by atoms with E-state index >= 15 is 0 Å². The molecule has 0 aromatic heterocycles. The second-order valence-corrected chi connectivity index (χ2v) is 9.68. The molecule has 3 saturated heterocycles. The van der Waals surface area contributed by atoms with Gasteiger partial charge in [-0.3, -0.25) is 0 Å². The van der Waals surface area contributed by atoms with Gasteiger partial charge in [-0.05, 0) is 45.6 Å². The van der Waals surface area contributed by atoms with Crippen molar-refractivity contribution in [2.24, 2.45) is 0 Å². The van der Waals surface area contributed by atoms with Crippen molar-refractivity contribution in [3.63, 3.8) is 0 Å². The molecule has 0 aliphatic carbocycles. The molecular formula is C15H26O5S2. The van der Waals surface area contributed by atoms with Gasteiger partial charge in [0.25, 0.3) is 0 Å². The average molecular weight is 351 g/mol. The monoisotopic (exact) mass is 350 g/mol. The third kappa shape index (κ3) is 3.77. The van der Waals surface area contributed by atoms with E-state index in [1.54, 1.807) is 0 Å². The lowest BCUT2D eigenvalue weighted by atomic mass is 10.0. The summed E-state index contributed by atoms with van der Waals surface area (Å²) in [5, 5.41) is 10.8. The zero-order chi connectivity index (χ0) is 16.0. The van der Waals surface area contributed by atoms with Gasteiger partial charge >= 0.3 is 0 Å². The molecule has 0 bridgehead atoms. The van der Waals surface area contributed by atoms with Gasteiger partial charge in [-0.2, -0.15) is 0 Å². The van der Waals surface area contributed by atoms with Crippen LogP contribution < -0.4 is 0 Å². The van der Waals surface area contributed by atoms with Crippen LogP contribution in [-0.2, 0) is 18.9 Å². The van der Waals surface area contributed by atoms with Crippen LogP contribution in [0.2, 0.25) is 0 Å². The van der Waals surface area contributed by atoms with Gasteiger partial charge in [0.2, 0.25) is 0 Å². The molecule has 0 saturated carbocycles. The molecular weight excluding hydrogens is 324 g/mol. The van der Waals surface area contributed by atoms with Crippen LogP contribution in [0.4, 0.5) is 0 Å². The van der Waals surface area contributed by atoms with Gasteiger partial charge in [0.15, 0.2) is 11.6 Å². The highest BCUT2D eigenvalue weighted by molar-refractivity contribution is 8.17. The molecule has 3 rings (SSSR count). The van der Waals surface area contributed by atoms with Gasteiger partial charge in [-0.1, -0.05) is 0 Å². The van der Waals surface area contributed by atoms with Gasteiger partial charge in [-0.15, -0.1) is 23.5 Å². The molecule has 4 atom stereocenters. The number of thioether (sulfide) groups is 2. The molecule has 0 spiro atoms. The Kier molecular flexibility index (Phi) is 5.06. The van der Waals surface area contributed by atoms with E-state index in [1.807, 2.05) is 51.2 Å². The Balaban J connectivity index is 1.72. The highest BCUT2D eigenvalue weighted by atomic mass is 32.2. The van der Waals surface area contributed by atoms with Crippen molar-refractivity contribution in [3.05, 3.63) is 0 Å². The molecule has 0 radical (unpaired) electrons. The SMILES string of the molecule is CC1(C)O[C@H]([C@@H]2COC(C)(C)O2)[C@@H]([C@H](O)C2SCCCS2)O1. The minimum absolute atomic E-state index is 0.133. The van der Waals surface area contributed by atoms with E-state index in [0.29, 0.717) is 6.61 Å². The van der Waals surface area contributed by atoms with Crippen LogP contribution >= 0.6 is 23.5 Å². The van der Waals surface area contributed by atoms with Crippen molar-refractivity contribution in [2.75, 3.05) is 18.1 Å².